The highest BCUT2D eigenvalue weighted by Gasteiger charge is 2.27. The second kappa shape index (κ2) is 6.09. The number of allylic oxidation sites excluding steroid dienone is 2. The molecule has 0 saturated heterocycles. The van der Waals surface area contributed by atoms with Crippen LogP contribution in [0.15, 0.2) is 24.7 Å². The first-order valence-corrected chi connectivity index (χ1v) is 4.96. The SMILES string of the molecule is CC=COc1c(F)c(F)c(OC=CC)c(F)c1F. The van der Waals surface area contributed by atoms with E-state index in [0.717, 1.165) is 12.5 Å². The van der Waals surface area contributed by atoms with Gasteiger partial charge in [-0.1, -0.05) is 12.2 Å². The minimum atomic E-state index is -1.66. The van der Waals surface area contributed by atoms with Crippen LogP contribution in [0.4, 0.5) is 17.6 Å². The lowest BCUT2D eigenvalue weighted by Crippen LogP contribution is -2.03. The molecule has 0 unspecified atom stereocenters. The molecule has 1 rings (SSSR count). The van der Waals surface area contributed by atoms with Crippen molar-refractivity contribution in [3.05, 3.63) is 47.9 Å². The Morgan fingerprint density at radius 3 is 1.17 bits per heavy atom. The lowest BCUT2D eigenvalue weighted by atomic mass is 10.2. The fourth-order valence-electron chi connectivity index (χ4n) is 1.07. The van der Waals surface area contributed by atoms with Crippen molar-refractivity contribution in [3.8, 4) is 11.5 Å². The van der Waals surface area contributed by atoms with E-state index in [2.05, 4.69) is 9.47 Å². The number of benzene rings is 1. The van der Waals surface area contributed by atoms with Gasteiger partial charge in [0, 0.05) is 0 Å². The first-order chi connectivity index (χ1) is 8.54. The van der Waals surface area contributed by atoms with E-state index in [1.54, 1.807) is 0 Å². The smallest absolute Gasteiger partial charge is 0.208 e. The van der Waals surface area contributed by atoms with Gasteiger partial charge in [0.1, 0.15) is 0 Å². The fourth-order valence-corrected chi connectivity index (χ4v) is 1.07. The van der Waals surface area contributed by atoms with E-state index in [4.69, 9.17) is 0 Å². The Morgan fingerprint density at radius 1 is 0.667 bits per heavy atom. The molecule has 0 radical (unpaired) electrons. The van der Waals surface area contributed by atoms with E-state index in [1.807, 2.05) is 0 Å². The molecule has 1 aromatic rings. The topological polar surface area (TPSA) is 18.5 Å². The van der Waals surface area contributed by atoms with Crippen molar-refractivity contribution >= 4 is 0 Å². The van der Waals surface area contributed by atoms with Gasteiger partial charge in [-0.05, 0) is 13.8 Å². The molecular formula is C12H10F4O2. The molecule has 0 amide bonds. The standard InChI is InChI=1S/C12H10F4O2/c1-3-5-17-11-7(13)9(15)12(18-6-4-2)10(16)8(11)14/h3-6H,1-2H3. The molecule has 0 aliphatic carbocycles. The van der Waals surface area contributed by atoms with Crippen molar-refractivity contribution in [3.63, 3.8) is 0 Å². The Morgan fingerprint density at radius 2 is 0.944 bits per heavy atom. The molecule has 0 saturated carbocycles. The van der Waals surface area contributed by atoms with E-state index >= 15 is 0 Å². The molecule has 18 heavy (non-hydrogen) atoms. The molecule has 1 aromatic carbocycles. The number of hydrogen-bond donors (Lipinski definition) is 0. The summed E-state index contributed by atoms with van der Waals surface area (Å²) in [6, 6.07) is 0. The highest BCUT2D eigenvalue weighted by Crippen LogP contribution is 2.34. The molecule has 6 heteroatoms. The zero-order valence-electron chi connectivity index (χ0n) is 9.64. The Bertz CT molecular complexity index is 421. The lowest BCUT2D eigenvalue weighted by molar-refractivity contribution is 0.329. The molecule has 0 aliphatic heterocycles. The molecule has 0 fully saturated rings. The van der Waals surface area contributed by atoms with Crippen LogP contribution in [0.2, 0.25) is 0 Å². The van der Waals surface area contributed by atoms with Crippen molar-refractivity contribution in [2.24, 2.45) is 0 Å². The van der Waals surface area contributed by atoms with Crippen LogP contribution >= 0.6 is 0 Å². The summed E-state index contributed by atoms with van der Waals surface area (Å²) in [5.74, 6) is -8.96. The van der Waals surface area contributed by atoms with Crippen LogP contribution < -0.4 is 9.47 Å². The third-order valence-electron chi connectivity index (χ3n) is 1.83. The van der Waals surface area contributed by atoms with Crippen molar-refractivity contribution < 1.29 is 27.0 Å². The van der Waals surface area contributed by atoms with Gasteiger partial charge in [-0.15, -0.1) is 0 Å². The van der Waals surface area contributed by atoms with Crippen LogP contribution in [-0.4, -0.2) is 0 Å². The van der Waals surface area contributed by atoms with Crippen LogP contribution in [0.5, 0.6) is 11.5 Å². The van der Waals surface area contributed by atoms with Crippen molar-refractivity contribution in [1.82, 2.24) is 0 Å². The summed E-state index contributed by atoms with van der Waals surface area (Å²) >= 11 is 0. The lowest BCUT2D eigenvalue weighted by Gasteiger charge is -2.09. The highest BCUT2D eigenvalue weighted by molar-refractivity contribution is 5.39. The predicted octanol–water partition coefficient (Wildman–Crippen LogP) is 4.07. The Hall–Kier alpha value is -1.98. The van der Waals surface area contributed by atoms with Crippen LogP contribution in [0.1, 0.15) is 13.8 Å². The number of ether oxygens (including phenoxy) is 2. The van der Waals surface area contributed by atoms with E-state index in [9.17, 15) is 17.6 Å². The summed E-state index contributed by atoms with van der Waals surface area (Å²) in [5, 5.41) is 0. The Kier molecular flexibility index (Phi) is 4.76. The summed E-state index contributed by atoms with van der Waals surface area (Å²) in [6.07, 6.45) is 4.40. The summed E-state index contributed by atoms with van der Waals surface area (Å²) in [7, 11) is 0. The van der Waals surface area contributed by atoms with Gasteiger partial charge in [0.25, 0.3) is 0 Å². The summed E-state index contributed by atoms with van der Waals surface area (Å²) in [6.45, 7) is 3.01. The molecule has 0 aromatic heterocycles. The maximum Gasteiger partial charge on any atom is 0.208 e. The number of hydrogen-bond acceptors (Lipinski definition) is 2. The first-order valence-electron chi connectivity index (χ1n) is 4.96. The molecular weight excluding hydrogens is 252 g/mol. The quantitative estimate of drug-likeness (QED) is 0.462. The molecule has 0 spiro atoms. The molecule has 0 N–H and O–H groups in total. The minimum absolute atomic E-state index is 0.896. The normalized spacial score (nSPS) is 11.4. The van der Waals surface area contributed by atoms with Crippen LogP contribution in [0.25, 0.3) is 0 Å². The van der Waals surface area contributed by atoms with Crippen molar-refractivity contribution in [2.75, 3.05) is 0 Å². The summed E-state index contributed by atoms with van der Waals surface area (Å²) in [5.41, 5.74) is 0. The highest BCUT2D eigenvalue weighted by atomic mass is 19.2. The first kappa shape index (κ1) is 14.1. The number of rotatable bonds is 4. The van der Waals surface area contributed by atoms with Gasteiger partial charge in [0.15, 0.2) is 0 Å². The van der Waals surface area contributed by atoms with Gasteiger partial charge in [0.05, 0.1) is 12.5 Å². The fraction of sp³-hybridized carbons (Fsp3) is 0.167. The molecule has 0 atom stereocenters. The number of halogens is 4. The molecule has 98 valence electrons. The largest absolute Gasteiger partial charge is 0.459 e. The van der Waals surface area contributed by atoms with E-state index in [0.29, 0.717) is 0 Å². The molecule has 2 nitrogen and oxygen atoms in total. The molecule has 0 aliphatic rings. The Labute approximate surface area is 101 Å². The van der Waals surface area contributed by atoms with Gasteiger partial charge < -0.3 is 9.47 Å². The monoisotopic (exact) mass is 262 g/mol. The molecule has 0 bridgehead atoms. The van der Waals surface area contributed by atoms with E-state index < -0.39 is 34.8 Å². The zero-order chi connectivity index (χ0) is 13.7. The van der Waals surface area contributed by atoms with Crippen LogP contribution in [-0.2, 0) is 0 Å². The van der Waals surface area contributed by atoms with E-state index in [-0.39, 0.29) is 0 Å². The van der Waals surface area contributed by atoms with Crippen LogP contribution in [0.3, 0.4) is 0 Å². The predicted molar refractivity (Wildman–Crippen MR) is 57.2 cm³/mol. The van der Waals surface area contributed by atoms with Gasteiger partial charge in [-0.2, -0.15) is 17.6 Å². The van der Waals surface area contributed by atoms with Crippen molar-refractivity contribution in [2.45, 2.75) is 13.8 Å². The van der Waals surface area contributed by atoms with Crippen molar-refractivity contribution in [1.29, 1.82) is 0 Å². The Balaban J connectivity index is 3.35. The van der Waals surface area contributed by atoms with Gasteiger partial charge in [0.2, 0.25) is 34.8 Å². The van der Waals surface area contributed by atoms with E-state index in [1.165, 1.54) is 26.0 Å². The van der Waals surface area contributed by atoms with Gasteiger partial charge in [-0.25, -0.2) is 0 Å². The molecule has 0 heterocycles. The maximum absolute atomic E-state index is 13.4. The average Bonchev–Trinajstić information content (AvgIpc) is 2.37. The zero-order valence-corrected chi connectivity index (χ0v) is 9.64. The third-order valence-corrected chi connectivity index (χ3v) is 1.83. The second-order valence-electron chi connectivity index (χ2n) is 3.09. The second-order valence-corrected chi connectivity index (χ2v) is 3.09. The third kappa shape index (κ3) is 2.64. The van der Waals surface area contributed by atoms with Crippen LogP contribution in [0, 0.1) is 23.3 Å². The van der Waals surface area contributed by atoms with Gasteiger partial charge in [-0.3, -0.25) is 0 Å². The summed E-state index contributed by atoms with van der Waals surface area (Å²) in [4.78, 5) is 0. The summed E-state index contributed by atoms with van der Waals surface area (Å²) < 4.78 is 62.5. The van der Waals surface area contributed by atoms with Gasteiger partial charge >= 0.3 is 0 Å². The minimum Gasteiger partial charge on any atom is -0.459 e. The average molecular weight is 262 g/mol. The maximum atomic E-state index is 13.4.